The number of sulfonamides is 1. The molecule has 2 rings (SSSR count). The van der Waals surface area contributed by atoms with Crippen LogP contribution in [0.5, 0.6) is 0 Å². The predicted octanol–water partition coefficient (Wildman–Crippen LogP) is 2.87. The lowest BCUT2D eigenvalue weighted by atomic mass is 10.1. The molecule has 2 aromatic carbocycles. The molecule has 0 aliphatic heterocycles. The van der Waals surface area contributed by atoms with Crippen molar-refractivity contribution >= 4 is 16.2 Å². The summed E-state index contributed by atoms with van der Waals surface area (Å²) in [5.74, 6) is 0. The minimum Gasteiger partial charge on any atom is -0.200 e. The maximum absolute atomic E-state index is 12.0. The fourth-order valence-electron chi connectivity index (χ4n) is 1.78. The second-order valence-corrected chi connectivity index (χ2v) is 6.42. The molecule has 0 saturated heterocycles. The highest BCUT2D eigenvalue weighted by molar-refractivity contribution is 7.89. The van der Waals surface area contributed by atoms with Gasteiger partial charge in [-0.05, 0) is 36.6 Å². The Hall–Kier alpha value is -2.14. The quantitative estimate of drug-likeness (QED) is 0.682. The third-order valence-corrected chi connectivity index (χ3v) is 4.34. The molecule has 0 atom stereocenters. The van der Waals surface area contributed by atoms with Gasteiger partial charge < -0.3 is 0 Å². The Balaban J connectivity index is 2.06. The Labute approximate surface area is 125 Å². The zero-order valence-corrected chi connectivity index (χ0v) is 12.9. The largest absolute Gasteiger partial charge is 0.276 e. The van der Waals surface area contributed by atoms with Crippen LogP contribution < -0.4 is 4.83 Å². The summed E-state index contributed by atoms with van der Waals surface area (Å²) in [5.41, 5.74) is 3.08. The monoisotopic (exact) mass is 302 g/mol. The Morgan fingerprint density at radius 1 is 1.05 bits per heavy atom. The van der Waals surface area contributed by atoms with Crippen molar-refractivity contribution in [1.82, 2.24) is 4.83 Å². The zero-order chi connectivity index (χ0) is 15.3. The summed E-state index contributed by atoms with van der Waals surface area (Å²) in [4.78, 5) is 2.41. The van der Waals surface area contributed by atoms with E-state index in [-0.39, 0.29) is 4.90 Å². The van der Waals surface area contributed by atoms with Gasteiger partial charge in [0.15, 0.2) is 0 Å². The van der Waals surface area contributed by atoms with Gasteiger partial charge in [0.1, 0.15) is 0 Å². The molecule has 0 aliphatic carbocycles. The molecule has 0 bridgehead atoms. The average molecular weight is 302 g/mol. The first-order chi connectivity index (χ1) is 10.0. The minimum absolute atomic E-state index is 0.201. The molecule has 1 N–H and O–H groups in total. The van der Waals surface area contributed by atoms with Crippen molar-refractivity contribution in [2.24, 2.45) is 5.10 Å². The van der Waals surface area contributed by atoms with E-state index in [1.807, 2.05) is 31.2 Å². The van der Waals surface area contributed by atoms with E-state index in [1.54, 1.807) is 24.3 Å². The molecule has 0 aliphatic rings. The highest BCUT2D eigenvalue weighted by atomic mass is 32.2. The van der Waals surface area contributed by atoms with E-state index in [4.69, 9.17) is 0 Å². The third kappa shape index (κ3) is 4.16. The fourth-order valence-corrected chi connectivity index (χ4v) is 2.57. The molecule has 2 aromatic rings. The topological polar surface area (TPSA) is 58.5 Å². The van der Waals surface area contributed by atoms with Gasteiger partial charge >= 0.3 is 0 Å². The van der Waals surface area contributed by atoms with Crippen molar-refractivity contribution in [2.75, 3.05) is 0 Å². The van der Waals surface area contributed by atoms with Crippen LogP contribution in [0.4, 0.5) is 0 Å². The van der Waals surface area contributed by atoms with Gasteiger partial charge in [-0.15, -0.1) is 0 Å². The van der Waals surface area contributed by atoms with Gasteiger partial charge in [-0.2, -0.15) is 13.5 Å². The normalized spacial score (nSPS) is 11.7. The maximum Gasteiger partial charge on any atom is 0.276 e. The molecule has 4 nitrogen and oxygen atoms in total. The van der Waals surface area contributed by atoms with E-state index in [0.29, 0.717) is 0 Å². The van der Waals surface area contributed by atoms with Crippen LogP contribution in [-0.4, -0.2) is 14.6 Å². The van der Waals surface area contributed by atoms with Gasteiger partial charge in [0.05, 0.1) is 11.1 Å². The first-order valence-corrected chi connectivity index (χ1v) is 8.20. The molecule has 0 unspecified atom stereocenters. The van der Waals surface area contributed by atoms with E-state index >= 15 is 0 Å². The molecule has 0 amide bonds. The highest BCUT2D eigenvalue weighted by Crippen LogP contribution is 2.09. The summed E-state index contributed by atoms with van der Waals surface area (Å²) in [6.45, 7) is 3.99. The third-order valence-electron chi connectivity index (χ3n) is 3.11. The van der Waals surface area contributed by atoms with Gasteiger partial charge in [0.25, 0.3) is 10.0 Å². The Morgan fingerprint density at radius 2 is 1.67 bits per heavy atom. The van der Waals surface area contributed by atoms with Crippen molar-refractivity contribution in [3.8, 4) is 0 Å². The molecule has 5 heteroatoms. The first kappa shape index (κ1) is 15.3. The van der Waals surface area contributed by atoms with Crippen LogP contribution >= 0.6 is 0 Å². The summed E-state index contributed by atoms with van der Waals surface area (Å²) >= 11 is 0. The predicted molar refractivity (Wildman–Crippen MR) is 84.9 cm³/mol. The molecule has 0 spiro atoms. The first-order valence-electron chi connectivity index (χ1n) is 6.72. The number of aryl methyl sites for hydroxylation is 2. The summed E-state index contributed by atoms with van der Waals surface area (Å²) in [7, 11) is -3.61. The van der Waals surface area contributed by atoms with Gasteiger partial charge in [-0.25, -0.2) is 4.83 Å². The molecule has 0 fully saturated rings. The number of nitrogens with zero attached hydrogens (tertiary/aromatic N) is 1. The highest BCUT2D eigenvalue weighted by Gasteiger charge is 2.11. The zero-order valence-electron chi connectivity index (χ0n) is 12.1. The van der Waals surface area contributed by atoms with Crippen LogP contribution in [0, 0.1) is 6.92 Å². The molecule has 0 saturated carbocycles. The number of benzene rings is 2. The van der Waals surface area contributed by atoms with Crippen molar-refractivity contribution in [1.29, 1.82) is 0 Å². The van der Waals surface area contributed by atoms with Crippen molar-refractivity contribution in [3.63, 3.8) is 0 Å². The lowest BCUT2D eigenvalue weighted by Crippen LogP contribution is -2.18. The molecule has 110 valence electrons. The van der Waals surface area contributed by atoms with Crippen LogP contribution in [0.3, 0.4) is 0 Å². The average Bonchev–Trinajstić information content (AvgIpc) is 2.48. The van der Waals surface area contributed by atoms with E-state index in [0.717, 1.165) is 17.5 Å². The standard InChI is InChI=1S/C16H18N2O2S/c1-3-14-6-8-15(9-7-14)12-17-18-21(19,20)16-10-4-13(2)5-11-16/h4-12,18H,3H2,1-2H3. The van der Waals surface area contributed by atoms with Crippen LogP contribution in [0.1, 0.15) is 23.6 Å². The second kappa shape index (κ2) is 6.54. The van der Waals surface area contributed by atoms with Crippen molar-refractivity contribution < 1.29 is 8.42 Å². The summed E-state index contributed by atoms with van der Waals surface area (Å²) < 4.78 is 24.0. The van der Waals surface area contributed by atoms with Crippen LogP contribution in [0.15, 0.2) is 58.5 Å². The maximum atomic E-state index is 12.0. The molecule has 0 aromatic heterocycles. The van der Waals surface area contributed by atoms with Crippen molar-refractivity contribution in [2.45, 2.75) is 25.2 Å². The molecular weight excluding hydrogens is 284 g/mol. The molecular formula is C16H18N2O2S. The summed E-state index contributed by atoms with van der Waals surface area (Å²) in [6, 6.07) is 14.4. The van der Waals surface area contributed by atoms with Gasteiger partial charge in [0.2, 0.25) is 0 Å². The van der Waals surface area contributed by atoms with Crippen LogP contribution in [-0.2, 0) is 16.4 Å². The number of rotatable bonds is 5. The van der Waals surface area contributed by atoms with E-state index in [9.17, 15) is 8.42 Å². The summed E-state index contributed by atoms with van der Waals surface area (Å²) in [5, 5.41) is 3.80. The lowest BCUT2D eigenvalue weighted by molar-refractivity contribution is 0.584. The number of hydrogen-bond donors (Lipinski definition) is 1. The SMILES string of the molecule is CCc1ccc(C=NNS(=O)(=O)c2ccc(C)cc2)cc1. The van der Waals surface area contributed by atoms with Crippen LogP contribution in [0.25, 0.3) is 0 Å². The van der Waals surface area contributed by atoms with Gasteiger partial charge in [-0.3, -0.25) is 0 Å². The number of hydrazone groups is 1. The fraction of sp³-hybridized carbons (Fsp3) is 0.188. The Morgan fingerprint density at radius 3 is 2.24 bits per heavy atom. The van der Waals surface area contributed by atoms with E-state index < -0.39 is 10.0 Å². The Bertz CT molecular complexity index is 718. The van der Waals surface area contributed by atoms with E-state index in [2.05, 4.69) is 16.9 Å². The molecule has 0 heterocycles. The number of hydrogen-bond acceptors (Lipinski definition) is 3. The smallest absolute Gasteiger partial charge is 0.200 e. The number of nitrogens with one attached hydrogen (secondary N) is 1. The van der Waals surface area contributed by atoms with Gasteiger partial charge in [0, 0.05) is 0 Å². The molecule has 21 heavy (non-hydrogen) atoms. The van der Waals surface area contributed by atoms with Crippen molar-refractivity contribution in [3.05, 3.63) is 65.2 Å². The van der Waals surface area contributed by atoms with E-state index in [1.165, 1.54) is 11.8 Å². The van der Waals surface area contributed by atoms with Crippen LogP contribution in [0.2, 0.25) is 0 Å². The summed E-state index contributed by atoms with van der Waals surface area (Å²) in [6.07, 6.45) is 2.46. The second-order valence-electron chi connectivity index (χ2n) is 4.76. The lowest BCUT2D eigenvalue weighted by Gasteiger charge is -2.03. The minimum atomic E-state index is -3.61. The molecule has 0 radical (unpaired) electrons. The van der Waals surface area contributed by atoms with Gasteiger partial charge in [-0.1, -0.05) is 48.9 Å². The Kier molecular flexibility index (Phi) is 4.75.